The number of carbonyl (C=O) groups is 1. The summed E-state index contributed by atoms with van der Waals surface area (Å²) in [7, 11) is 2.15. The first-order valence-electron chi connectivity index (χ1n) is 11.2. The molecule has 1 N–H and O–H groups in total. The lowest BCUT2D eigenvalue weighted by atomic mass is 10.1. The fraction of sp³-hybridized carbons (Fsp3) is 0.308. The van der Waals surface area contributed by atoms with Gasteiger partial charge in [0.1, 0.15) is 5.15 Å². The SMILES string of the molecule is Cc1ccc(Cn2nc(C)c(/C=C/C(=O)Nc3ccc(N4CCN(C)CC4)cc3)c2Cl)cc1. The lowest BCUT2D eigenvalue weighted by Gasteiger charge is -2.34. The Morgan fingerprint density at radius 2 is 1.70 bits per heavy atom. The van der Waals surface area contributed by atoms with Crippen LogP contribution in [0.5, 0.6) is 0 Å². The Balaban J connectivity index is 1.37. The van der Waals surface area contributed by atoms with Gasteiger partial charge in [-0.2, -0.15) is 5.10 Å². The predicted molar refractivity (Wildman–Crippen MR) is 136 cm³/mol. The second-order valence-electron chi connectivity index (χ2n) is 8.59. The lowest BCUT2D eigenvalue weighted by Crippen LogP contribution is -2.44. The van der Waals surface area contributed by atoms with Gasteiger partial charge < -0.3 is 15.1 Å². The molecule has 1 fully saturated rings. The third kappa shape index (κ3) is 5.83. The highest BCUT2D eigenvalue weighted by Crippen LogP contribution is 2.23. The minimum Gasteiger partial charge on any atom is -0.369 e. The van der Waals surface area contributed by atoms with Crippen LogP contribution in [0.4, 0.5) is 11.4 Å². The number of halogens is 1. The van der Waals surface area contributed by atoms with Crippen molar-refractivity contribution >= 4 is 35.0 Å². The Morgan fingerprint density at radius 1 is 1.03 bits per heavy atom. The van der Waals surface area contributed by atoms with Gasteiger partial charge in [0.2, 0.25) is 5.91 Å². The third-order valence-electron chi connectivity index (χ3n) is 5.97. The van der Waals surface area contributed by atoms with Crippen molar-refractivity contribution in [2.24, 2.45) is 0 Å². The average Bonchev–Trinajstić information content (AvgIpc) is 3.07. The normalized spacial score (nSPS) is 14.7. The molecule has 2 aromatic carbocycles. The smallest absolute Gasteiger partial charge is 0.248 e. The van der Waals surface area contributed by atoms with Crippen LogP contribution in [0.25, 0.3) is 6.08 Å². The number of hydrogen-bond acceptors (Lipinski definition) is 4. The van der Waals surface area contributed by atoms with Crippen molar-refractivity contribution in [1.82, 2.24) is 14.7 Å². The fourth-order valence-electron chi connectivity index (χ4n) is 3.89. The van der Waals surface area contributed by atoms with Gasteiger partial charge in [-0.1, -0.05) is 41.4 Å². The molecule has 3 aromatic rings. The monoisotopic (exact) mass is 463 g/mol. The van der Waals surface area contributed by atoms with E-state index < -0.39 is 0 Å². The van der Waals surface area contributed by atoms with E-state index in [1.54, 1.807) is 10.8 Å². The van der Waals surface area contributed by atoms with E-state index in [4.69, 9.17) is 11.6 Å². The maximum atomic E-state index is 12.5. The van der Waals surface area contributed by atoms with E-state index in [0.29, 0.717) is 11.7 Å². The number of benzene rings is 2. The zero-order valence-electron chi connectivity index (χ0n) is 19.4. The summed E-state index contributed by atoms with van der Waals surface area (Å²) < 4.78 is 1.76. The Kier molecular flexibility index (Phi) is 7.16. The van der Waals surface area contributed by atoms with Crippen LogP contribution >= 0.6 is 11.6 Å². The number of likely N-dealkylation sites (N-methyl/N-ethyl adjacent to an activating group) is 1. The van der Waals surface area contributed by atoms with Gasteiger partial charge in [0.25, 0.3) is 0 Å². The molecule has 0 saturated carbocycles. The van der Waals surface area contributed by atoms with Gasteiger partial charge in [0.15, 0.2) is 0 Å². The fourth-order valence-corrected chi connectivity index (χ4v) is 4.19. The minimum absolute atomic E-state index is 0.205. The molecule has 1 aromatic heterocycles. The summed E-state index contributed by atoms with van der Waals surface area (Å²) in [4.78, 5) is 17.2. The van der Waals surface area contributed by atoms with Gasteiger partial charge in [0, 0.05) is 49.2 Å². The molecule has 172 valence electrons. The van der Waals surface area contributed by atoms with Crippen molar-refractivity contribution in [1.29, 1.82) is 0 Å². The highest BCUT2D eigenvalue weighted by Gasteiger charge is 2.14. The van der Waals surface area contributed by atoms with Crippen molar-refractivity contribution in [2.45, 2.75) is 20.4 Å². The quantitative estimate of drug-likeness (QED) is 0.542. The standard InChI is InChI=1S/C26H30ClN5O/c1-19-4-6-21(7-5-19)18-32-26(27)24(20(2)29-32)12-13-25(33)28-22-8-10-23(11-9-22)31-16-14-30(3)15-17-31/h4-13H,14-18H2,1-3H3,(H,28,33)/b13-12+. The summed E-state index contributed by atoms with van der Waals surface area (Å²) in [5.74, 6) is -0.205. The molecule has 1 amide bonds. The van der Waals surface area contributed by atoms with Gasteiger partial charge in [0.05, 0.1) is 12.2 Å². The van der Waals surface area contributed by atoms with Crippen LogP contribution in [0.3, 0.4) is 0 Å². The molecule has 0 atom stereocenters. The summed E-state index contributed by atoms with van der Waals surface area (Å²) in [6, 6.07) is 16.3. The molecular weight excluding hydrogens is 434 g/mol. The molecule has 2 heterocycles. The summed E-state index contributed by atoms with van der Waals surface area (Å²) in [5, 5.41) is 7.98. The first kappa shape index (κ1) is 23.1. The topological polar surface area (TPSA) is 53.4 Å². The summed E-state index contributed by atoms with van der Waals surface area (Å²) in [6.45, 7) is 8.70. The van der Waals surface area contributed by atoms with Crippen molar-refractivity contribution in [3.63, 3.8) is 0 Å². The van der Waals surface area contributed by atoms with Crippen LogP contribution in [0.2, 0.25) is 5.15 Å². The molecule has 0 bridgehead atoms. The van der Waals surface area contributed by atoms with Crippen LogP contribution in [-0.2, 0) is 11.3 Å². The van der Waals surface area contributed by atoms with E-state index in [-0.39, 0.29) is 5.91 Å². The molecule has 1 aliphatic heterocycles. The van der Waals surface area contributed by atoms with E-state index in [1.807, 2.05) is 19.1 Å². The summed E-state index contributed by atoms with van der Waals surface area (Å²) in [5.41, 5.74) is 5.82. The molecule has 1 aliphatic rings. The van der Waals surface area contributed by atoms with E-state index >= 15 is 0 Å². The van der Waals surface area contributed by atoms with Gasteiger partial charge in [-0.3, -0.25) is 4.79 Å². The van der Waals surface area contributed by atoms with Gasteiger partial charge in [-0.05, 0) is 56.8 Å². The first-order valence-corrected chi connectivity index (χ1v) is 11.6. The van der Waals surface area contributed by atoms with Crippen molar-refractivity contribution in [2.75, 3.05) is 43.4 Å². The van der Waals surface area contributed by atoms with Crippen molar-refractivity contribution < 1.29 is 4.79 Å². The molecule has 0 radical (unpaired) electrons. The number of nitrogens with zero attached hydrogens (tertiary/aromatic N) is 4. The Bertz CT molecular complexity index is 1130. The van der Waals surface area contributed by atoms with Crippen LogP contribution in [0.1, 0.15) is 22.4 Å². The molecule has 33 heavy (non-hydrogen) atoms. The number of hydrogen-bond donors (Lipinski definition) is 1. The average molecular weight is 464 g/mol. The molecule has 0 spiro atoms. The van der Waals surface area contributed by atoms with Crippen LogP contribution in [0, 0.1) is 13.8 Å². The van der Waals surface area contributed by atoms with E-state index in [9.17, 15) is 4.79 Å². The van der Waals surface area contributed by atoms with Gasteiger partial charge in [-0.15, -0.1) is 0 Å². The molecule has 6 nitrogen and oxygen atoms in total. The maximum Gasteiger partial charge on any atom is 0.248 e. The first-order chi connectivity index (χ1) is 15.9. The van der Waals surface area contributed by atoms with Crippen molar-refractivity contribution in [3.8, 4) is 0 Å². The largest absolute Gasteiger partial charge is 0.369 e. The number of piperazine rings is 1. The number of aryl methyl sites for hydroxylation is 2. The lowest BCUT2D eigenvalue weighted by molar-refractivity contribution is -0.111. The van der Waals surface area contributed by atoms with Gasteiger partial charge in [-0.25, -0.2) is 4.68 Å². The molecule has 7 heteroatoms. The summed E-state index contributed by atoms with van der Waals surface area (Å²) >= 11 is 6.56. The number of anilines is 2. The summed E-state index contributed by atoms with van der Waals surface area (Å²) in [6.07, 6.45) is 3.23. The number of rotatable bonds is 6. The van der Waals surface area contributed by atoms with E-state index in [2.05, 4.69) is 70.6 Å². The molecule has 0 aliphatic carbocycles. The number of nitrogens with one attached hydrogen (secondary N) is 1. The molecule has 0 unspecified atom stereocenters. The zero-order chi connectivity index (χ0) is 23.4. The Morgan fingerprint density at radius 3 is 2.36 bits per heavy atom. The predicted octanol–water partition coefficient (Wildman–Crippen LogP) is 4.61. The zero-order valence-corrected chi connectivity index (χ0v) is 20.1. The minimum atomic E-state index is -0.205. The highest BCUT2D eigenvalue weighted by molar-refractivity contribution is 6.31. The molecule has 4 rings (SSSR count). The highest BCUT2D eigenvalue weighted by atomic mass is 35.5. The second kappa shape index (κ2) is 10.2. The Labute approximate surface area is 200 Å². The second-order valence-corrected chi connectivity index (χ2v) is 8.95. The van der Waals surface area contributed by atoms with E-state index in [0.717, 1.165) is 48.7 Å². The van der Waals surface area contributed by atoms with Crippen LogP contribution in [-0.4, -0.2) is 53.8 Å². The Hall–Kier alpha value is -3.09. The van der Waals surface area contributed by atoms with E-state index in [1.165, 1.54) is 17.3 Å². The molecular formula is C26H30ClN5O. The number of amides is 1. The van der Waals surface area contributed by atoms with Gasteiger partial charge >= 0.3 is 0 Å². The number of aromatic nitrogens is 2. The third-order valence-corrected chi connectivity index (χ3v) is 6.37. The van der Waals surface area contributed by atoms with Crippen molar-refractivity contribution in [3.05, 3.63) is 82.1 Å². The maximum absolute atomic E-state index is 12.5. The molecule has 1 saturated heterocycles. The number of carbonyl (C=O) groups excluding carboxylic acids is 1. The van der Waals surface area contributed by atoms with Crippen LogP contribution < -0.4 is 10.2 Å². The van der Waals surface area contributed by atoms with Crippen LogP contribution in [0.15, 0.2) is 54.6 Å².